The van der Waals surface area contributed by atoms with Crippen molar-refractivity contribution >= 4 is 98.3 Å². The Balaban J connectivity index is 1.15. The molecule has 0 bridgehead atoms. The molecule has 288 valence electrons. The van der Waals surface area contributed by atoms with Crippen LogP contribution in [-0.2, 0) is 0 Å². The summed E-state index contributed by atoms with van der Waals surface area (Å²) in [5, 5.41) is 11.0. The number of hydrogen-bond donors (Lipinski definition) is 0. The Labute approximate surface area is 352 Å². The normalized spacial score (nSPS) is 12.2. The molecule has 14 aromatic rings. The van der Waals surface area contributed by atoms with Crippen molar-refractivity contribution < 1.29 is 8.83 Å². The molecule has 7 nitrogen and oxygen atoms in total. The van der Waals surface area contributed by atoms with Gasteiger partial charge in [-0.2, -0.15) is 9.97 Å². The number of aromatic nitrogens is 5. The smallest absolute Gasteiger partial charge is 0.238 e. The molecule has 0 amide bonds. The quantitative estimate of drug-likeness (QED) is 0.177. The van der Waals surface area contributed by atoms with Gasteiger partial charge in [-0.1, -0.05) is 127 Å². The van der Waals surface area contributed by atoms with E-state index in [1.54, 1.807) is 0 Å². The fourth-order valence-electron chi connectivity index (χ4n) is 9.84. The molecular formula is C55H31N5O2. The van der Waals surface area contributed by atoms with Gasteiger partial charge in [0.15, 0.2) is 17.2 Å². The summed E-state index contributed by atoms with van der Waals surface area (Å²) in [5.41, 5.74) is 9.64. The summed E-state index contributed by atoms with van der Waals surface area (Å²) in [6.45, 7) is 0. The lowest BCUT2D eigenvalue weighted by Crippen LogP contribution is -2.08. The van der Waals surface area contributed by atoms with Crippen molar-refractivity contribution in [3.63, 3.8) is 0 Å². The van der Waals surface area contributed by atoms with Crippen LogP contribution in [0.3, 0.4) is 0 Å². The Hall–Kier alpha value is -8.55. The average molecular weight is 794 g/mol. The van der Waals surface area contributed by atoms with Gasteiger partial charge < -0.3 is 13.4 Å². The van der Waals surface area contributed by atoms with Crippen LogP contribution in [0.4, 0.5) is 0 Å². The first-order valence-corrected chi connectivity index (χ1v) is 20.8. The molecule has 0 aliphatic carbocycles. The van der Waals surface area contributed by atoms with Crippen LogP contribution >= 0.6 is 0 Å². The molecule has 0 atom stereocenters. The summed E-state index contributed by atoms with van der Waals surface area (Å²) in [6.07, 6.45) is 0. The van der Waals surface area contributed by atoms with Crippen LogP contribution < -0.4 is 0 Å². The van der Waals surface area contributed by atoms with Gasteiger partial charge in [0.2, 0.25) is 5.95 Å². The second kappa shape index (κ2) is 12.5. The van der Waals surface area contributed by atoms with Crippen LogP contribution in [-0.4, -0.2) is 24.1 Å². The van der Waals surface area contributed by atoms with Gasteiger partial charge in [0.1, 0.15) is 22.4 Å². The molecule has 5 heterocycles. The maximum Gasteiger partial charge on any atom is 0.238 e. The Morgan fingerprint density at radius 1 is 0.323 bits per heavy atom. The van der Waals surface area contributed by atoms with E-state index in [0.29, 0.717) is 17.6 Å². The molecule has 0 aliphatic heterocycles. The molecule has 14 rings (SSSR count). The number of hydrogen-bond acceptors (Lipinski definition) is 5. The highest BCUT2D eigenvalue weighted by molar-refractivity contribution is 6.17. The average Bonchev–Trinajstić information content (AvgIpc) is 4.08. The van der Waals surface area contributed by atoms with Crippen LogP contribution in [0.1, 0.15) is 0 Å². The maximum absolute atomic E-state index is 6.97. The molecular weight excluding hydrogens is 763 g/mol. The highest BCUT2D eigenvalue weighted by atomic mass is 16.3. The molecule has 7 heteroatoms. The second-order valence-corrected chi connectivity index (χ2v) is 15.9. The molecule has 0 radical (unpaired) electrons. The van der Waals surface area contributed by atoms with Crippen molar-refractivity contribution in [2.45, 2.75) is 0 Å². The van der Waals surface area contributed by atoms with E-state index in [-0.39, 0.29) is 0 Å². The van der Waals surface area contributed by atoms with Crippen molar-refractivity contribution in [2.24, 2.45) is 0 Å². The number of rotatable bonds is 4. The van der Waals surface area contributed by atoms with E-state index < -0.39 is 0 Å². The van der Waals surface area contributed by atoms with Crippen LogP contribution in [0.5, 0.6) is 0 Å². The second-order valence-electron chi connectivity index (χ2n) is 15.9. The number of benzene rings is 9. The molecule has 0 saturated carbocycles. The summed E-state index contributed by atoms with van der Waals surface area (Å²) in [6, 6.07) is 65.5. The zero-order chi connectivity index (χ0) is 40.5. The van der Waals surface area contributed by atoms with Crippen molar-refractivity contribution in [3.8, 4) is 34.4 Å². The number of furan rings is 2. The van der Waals surface area contributed by atoms with Gasteiger partial charge in [-0.3, -0.25) is 4.57 Å². The Kier molecular flexibility index (Phi) is 6.71. The first-order chi connectivity index (χ1) is 30.7. The zero-order valence-corrected chi connectivity index (χ0v) is 33.0. The molecule has 62 heavy (non-hydrogen) atoms. The van der Waals surface area contributed by atoms with Gasteiger partial charge >= 0.3 is 0 Å². The van der Waals surface area contributed by atoms with Crippen molar-refractivity contribution in [2.75, 3.05) is 0 Å². The third-order valence-corrected chi connectivity index (χ3v) is 12.6. The summed E-state index contributed by atoms with van der Waals surface area (Å²) >= 11 is 0. The highest BCUT2D eigenvalue weighted by Gasteiger charge is 2.26. The summed E-state index contributed by atoms with van der Waals surface area (Å²) in [4.78, 5) is 16.3. The van der Waals surface area contributed by atoms with Crippen molar-refractivity contribution in [1.82, 2.24) is 24.1 Å². The SMILES string of the molecule is c1ccc2cc3c(cc2c1)c1ccccc1n3-c1c(-c2nc(-c3cccc4c3oc3ccccc34)nc(-n3c4ccccc4c4ccccc43)n2)ccc2c1oc1ccccc12. The molecule has 0 N–H and O–H groups in total. The molecule has 0 saturated heterocycles. The van der Waals surface area contributed by atoms with E-state index in [9.17, 15) is 0 Å². The molecule has 0 aliphatic rings. The standard InChI is InChI=1S/C55H31N5O2/c1-2-15-33-31-47-43(30-32(33)14-1)36-18-5-8-23-44(36)59(47)50-41(29-28-40-38-20-7-12-27-49(38)62-52(40)50)53-56-54(42-22-13-21-39-37-19-6-11-26-48(37)61-51(39)42)58-55(57-53)60-45-24-9-3-16-34(45)35-17-4-10-25-46(35)60/h1-31H. The lowest BCUT2D eigenvalue weighted by atomic mass is 10.0. The lowest BCUT2D eigenvalue weighted by molar-refractivity contribution is 0.666. The third kappa shape index (κ3) is 4.61. The molecule has 0 unspecified atom stereocenters. The summed E-state index contributed by atoms with van der Waals surface area (Å²) < 4.78 is 18.1. The first kappa shape index (κ1) is 33.3. The van der Waals surface area contributed by atoms with E-state index in [1.807, 2.05) is 36.4 Å². The summed E-state index contributed by atoms with van der Waals surface area (Å²) in [7, 11) is 0. The number of para-hydroxylation sites is 6. The largest absolute Gasteiger partial charge is 0.455 e. The first-order valence-electron chi connectivity index (χ1n) is 20.8. The van der Waals surface area contributed by atoms with Gasteiger partial charge in [-0.05, 0) is 71.4 Å². The maximum atomic E-state index is 6.97. The highest BCUT2D eigenvalue weighted by Crippen LogP contribution is 2.44. The van der Waals surface area contributed by atoms with Crippen molar-refractivity contribution in [3.05, 3.63) is 188 Å². The molecule has 0 spiro atoms. The lowest BCUT2D eigenvalue weighted by Gasteiger charge is -2.16. The Morgan fingerprint density at radius 2 is 0.823 bits per heavy atom. The molecule has 5 aromatic heterocycles. The monoisotopic (exact) mass is 793 g/mol. The molecule has 9 aromatic carbocycles. The van der Waals surface area contributed by atoms with Crippen LogP contribution in [0, 0.1) is 0 Å². The van der Waals surface area contributed by atoms with Gasteiger partial charge in [0.05, 0.1) is 27.6 Å². The fourth-order valence-corrected chi connectivity index (χ4v) is 9.84. The topological polar surface area (TPSA) is 74.8 Å². The predicted octanol–water partition coefficient (Wildman–Crippen LogP) is 14.4. The van der Waals surface area contributed by atoms with E-state index >= 15 is 0 Å². The van der Waals surface area contributed by atoms with Gasteiger partial charge in [0.25, 0.3) is 0 Å². The fraction of sp³-hybridized carbons (Fsp3) is 0. The van der Waals surface area contributed by atoms with E-state index in [2.05, 4.69) is 161 Å². The Bertz CT molecular complexity index is 4130. The Morgan fingerprint density at radius 3 is 1.50 bits per heavy atom. The minimum Gasteiger partial charge on any atom is -0.455 e. The van der Waals surface area contributed by atoms with E-state index in [0.717, 1.165) is 110 Å². The zero-order valence-electron chi connectivity index (χ0n) is 33.0. The third-order valence-electron chi connectivity index (χ3n) is 12.6. The van der Waals surface area contributed by atoms with E-state index in [1.165, 1.54) is 5.39 Å². The van der Waals surface area contributed by atoms with Gasteiger partial charge in [0, 0.05) is 48.7 Å². The minimum atomic E-state index is 0.499. The predicted molar refractivity (Wildman–Crippen MR) is 251 cm³/mol. The number of nitrogens with zero attached hydrogens (tertiary/aromatic N) is 5. The molecule has 0 fully saturated rings. The van der Waals surface area contributed by atoms with Crippen LogP contribution in [0.15, 0.2) is 197 Å². The van der Waals surface area contributed by atoms with Gasteiger partial charge in [-0.25, -0.2) is 4.98 Å². The number of fused-ring (bicyclic) bond motifs is 13. The van der Waals surface area contributed by atoms with E-state index in [4.69, 9.17) is 23.8 Å². The van der Waals surface area contributed by atoms with Crippen LogP contribution in [0.2, 0.25) is 0 Å². The van der Waals surface area contributed by atoms with Gasteiger partial charge in [-0.15, -0.1) is 0 Å². The summed E-state index contributed by atoms with van der Waals surface area (Å²) in [5.74, 6) is 1.50. The van der Waals surface area contributed by atoms with Crippen molar-refractivity contribution in [1.29, 1.82) is 0 Å². The minimum absolute atomic E-state index is 0.499. The van der Waals surface area contributed by atoms with Crippen LogP contribution in [0.25, 0.3) is 133 Å².